The highest BCUT2D eigenvalue weighted by Gasteiger charge is 2.25. The van der Waals surface area contributed by atoms with Crippen LogP contribution in [0.5, 0.6) is 0 Å². The number of anilines is 12. The number of fused-ring (bicyclic) bond motifs is 12. The Bertz CT molecular complexity index is 5090. The molecule has 0 aliphatic heterocycles. The number of benzene rings is 13. The van der Waals surface area contributed by atoms with E-state index < -0.39 is 0 Å². The molecule has 0 saturated heterocycles. The van der Waals surface area contributed by atoms with E-state index in [1.807, 2.05) is 0 Å². The lowest BCUT2D eigenvalue weighted by Gasteiger charge is -2.26. The summed E-state index contributed by atoms with van der Waals surface area (Å²) in [7, 11) is 0. The molecule has 96 heavy (non-hydrogen) atoms. The topological polar surface area (TPSA) is 74.4 Å². The molecule has 10 heteroatoms. The monoisotopic (exact) mass is 1230 g/mol. The summed E-state index contributed by atoms with van der Waals surface area (Å²) in [6.45, 7) is 0. The van der Waals surface area contributed by atoms with Gasteiger partial charge in [-0.1, -0.05) is 146 Å². The van der Waals surface area contributed by atoms with Gasteiger partial charge in [0.05, 0.1) is 33.1 Å². The number of pyridine rings is 2. The minimum absolute atomic E-state index is 0.715. The zero-order valence-electron chi connectivity index (χ0n) is 52.0. The molecule has 0 saturated carbocycles. The van der Waals surface area contributed by atoms with Crippen LogP contribution in [0.2, 0.25) is 0 Å². The van der Waals surface area contributed by atoms with E-state index in [0.717, 1.165) is 145 Å². The Hall–Kier alpha value is -13.2. The summed E-state index contributed by atoms with van der Waals surface area (Å²) in [5.74, 6) is 1.48. The van der Waals surface area contributed by atoms with E-state index in [1.165, 1.54) is 0 Å². The van der Waals surface area contributed by atoms with Crippen molar-refractivity contribution in [2.45, 2.75) is 0 Å². The van der Waals surface area contributed by atoms with Crippen molar-refractivity contribution >= 4 is 145 Å². The molecule has 0 aliphatic carbocycles. The number of rotatable bonds is 14. The number of nitrogens with zero attached hydrogens (tertiary/aromatic N) is 10. The molecule has 13 aromatic carbocycles. The third kappa shape index (κ3) is 9.58. The van der Waals surface area contributed by atoms with E-state index in [9.17, 15) is 0 Å². The number of aromatic nitrogens is 6. The number of para-hydroxylation sites is 8. The van der Waals surface area contributed by atoms with Crippen molar-refractivity contribution in [3.63, 3.8) is 0 Å². The smallest absolute Gasteiger partial charge is 0.138 e. The van der Waals surface area contributed by atoms with Crippen LogP contribution in [0.4, 0.5) is 68.2 Å². The highest BCUT2D eigenvalue weighted by molar-refractivity contribution is 6.21. The molecule has 18 aromatic rings. The molecule has 0 spiro atoms. The van der Waals surface area contributed by atoms with Gasteiger partial charge in [-0.2, -0.15) is 0 Å². The van der Waals surface area contributed by atoms with Crippen molar-refractivity contribution in [2.75, 3.05) is 19.6 Å². The van der Waals surface area contributed by atoms with Gasteiger partial charge in [0.25, 0.3) is 0 Å². The first-order valence-electron chi connectivity index (χ1n) is 32.3. The second-order valence-electron chi connectivity index (χ2n) is 23.9. The van der Waals surface area contributed by atoms with E-state index in [1.54, 1.807) is 12.4 Å². The Morgan fingerprint density at radius 2 is 0.406 bits per heavy atom. The summed E-state index contributed by atoms with van der Waals surface area (Å²) in [5, 5.41) is 6.00. The zero-order chi connectivity index (χ0) is 63.5. The van der Waals surface area contributed by atoms with Gasteiger partial charge in [0.2, 0.25) is 0 Å². The summed E-state index contributed by atoms with van der Waals surface area (Å²) < 4.78 is 4.62. The van der Waals surface area contributed by atoms with Crippen LogP contribution in [-0.2, 0) is 0 Å². The molecular formula is C86H58N10. The first-order valence-corrected chi connectivity index (χ1v) is 32.3. The van der Waals surface area contributed by atoms with E-state index >= 15 is 0 Å². The van der Waals surface area contributed by atoms with Crippen LogP contribution in [0.15, 0.2) is 352 Å². The zero-order valence-corrected chi connectivity index (χ0v) is 52.0. The van der Waals surface area contributed by atoms with Crippen LogP contribution in [-0.4, -0.2) is 29.1 Å². The van der Waals surface area contributed by atoms with Gasteiger partial charge in [-0.25, -0.2) is 9.97 Å². The molecule has 0 aliphatic rings. The lowest BCUT2D eigenvalue weighted by Crippen LogP contribution is -2.09. The molecule has 5 aromatic heterocycles. The lowest BCUT2D eigenvalue weighted by atomic mass is 10.1. The first kappa shape index (κ1) is 55.6. The predicted octanol–water partition coefficient (Wildman–Crippen LogP) is 22.8. The van der Waals surface area contributed by atoms with Crippen molar-refractivity contribution < 1.29 is 0 Å². The standard InChI is InChI=1S/C86H58N10/c1-9-25-59(26-10-1)91(60-27-11-2-12-28-60)67-41-47-77-73(55-67)74-56-68(92(61-29-13-3-14-30-61)62-31-15-4-16-32-62)42-48-78(74)95(77)81-51-45-71-83-84(88-54-53-87-83)72-46-52-82(90-86(72)85(71)89-81)96-79-49-43-69(93(63-33-17-5-18-34-63)64-35-19-6-20-36-64)57-75(79)76-58-70(44-50-80(76)96)94(65-37-21-7-22-38-65)66-39-23-8-24-40-66/h1-58H. The summed E-state index contributed by atoms with van der Waals surface area (Å²) in [4.78, 5) is 31.0. The van der Waals surface area contributed by atoms with Gasteiger partial charge in [0, 0.05) is 113 Å². The third-order valence-electron chi connectivity index (χ3n) is 18.3. The summed E-state index contributed by atoms with van der Waals surface area (Å²) in [6.07, 6.45) is 3.53. The fourth-order valence-electron chi connectivity index (χ4n) is 14.1. The molecule has 18 rings (SSSR count). The van der Waals surface area contributed by atoms with Crippen LogP contribution >= 0.6 is 0 Å². The summed E-state index contributed by atoms with van der Waals surface area (Å²) >= 11 is 0. The van der Waals surface area contributed by atoms with E-state index in [4.69, 9.17) is 19.9 Å². The molecule has 10 nitrogen and oxygen atoms in total. The van der Waals surface area contributed by atoms with Gasteiger partial charge in [0.1, 0.15) is 22.7 Å². The molecule has 0 radical (unpaired) electrons. The average Bonchev–Trinajstić information content (AvgIpc) is 1.49. The molecule has 0 atom stereocenters. The molecule has 452 valence electrons. The largest absolute Gasteiger partial charge is 0.310 e. The molecule has 0 fully saturated rings. The van der Waals surface area contributed by atoms with Crippen molar-refractivity contribution in [1.82, 2.24) is 29.1 Å². The first-order chi connectivity index (χ1) is 47.6. The van der Waals surface area contributed by atoms with Crippen LogP contribution in [0.3, 0.4) is 0 Å². The third-order valence-corrected chi connectivity index (χ3v) is 18.3. The Labute approximate surface area is 554 Å². The highest BCUT2D eigenvalue weighted by Crippen LogP contribution is 2.46. The normalized spacial score (nSPS) is 11.5. The molecule has 5 heterocycles. The summed E-state index contributed by atoms with van der Waals surface area (Å²) in [5.41, 5.74) is 19.5. The lowest BCUT2D eigenvalue weighted by molar-refractivity contribution is 1.09. The second-order valence-corrected chi connectivity index (χ2v) is 23.9. The molecule has 0 bridgehead atoms. The van der Waals surface area contributed by atoms with Crippen molar-refractivity contribution in [3.8, 4) is 11.6 Å². The Balaban J connectivity index is 0.867. The van der Waals surface area contributed by atoms with Gasteiger partial charge in [0.15, 0.2) is 0 Å². The minimum Gasteiger partial charge on any atom is -0.310 e. The van der Waals surface area contributed by atoms with Gasteiger partial charge in [-0.05, 0) is 194 Å². The van der Waals surface area contributed by atoms with Gasteiger partial charge in [-0.15, -0.1) is 0 Å². The van der Waals surface area contributed by atoms with Gasteiger partial charge < -0.3 is 19.6 Å². The molecular weight excluding hydrogens is 1170 g/mol. The van der Waals surface area contributed by atoms with E-state index in [-0.39, 0.29) is 0 Å². The maximum Gasteiger partial charge on any atom is 0.138 e. The van der Waals surface area contributed by atoms with E-state index in [0.29, 0.717) is 11.0 Å². The van der Waals surface area contributed by atoms with Crippen molar-refractivity contribution in [2.24, 2.45) is 0 Å². The fraction of sp³-hybridized carbons (Fsp3) is 0. The fourth-order valence-corrected chi connectivity index (χ4v) is 14.1. The highest BCUT2D eigenvalue weighted by atomic mass is 15.2. The quantitative estimate of drug-likeness (QED) is 0.0997. The van der Waals surface area contributed by atoms with Gasteiger partial charge >= 0.3 is 0 Å². The molecule has 0 amide bonds. The van der Waals surface area contributed by atoms with Crippen molar-refractivity contribution in [1.29, 1.82) is 0 Å². The van der Waals surface area contributed by atoms with Crippen LogP contribution in [0.25, 0.3) is 88.1 Å². The molecule has 0 unspecified atom stereocenters. The Kier molecular flexibility index (Phi) is 13.6. The Morgan fingerprint density at radius 1 is 0.188 bits per heavy atom. The SMILES string of the molecule is c1ccc(N(c2ccccc2)c2ccc3c(c2)c2cc(N(c4ccccc4)c4ccccc4)ccc2n3-c2ccc3c4nccnc4c4ccc(-n5c6ccc(N(c7ccccc7)c7ccccc7)cc6c6cc(N(c7ccccc7)c7ccccc7)ccc65)nc4c3n2)cc1. The average molecular weight is 1230 g/mol. The second kappa shape index (κ2) is 23.5. The number of hydrogen-bond donors (Lipinski definition) is 0. The van der Waals surface area contributed by atoms with Crippen LogP contribution in [0.1, 0.15) is 0 Å². The van der Waals surface area contributed by atoms with Crippen LogP contribution in [0, 0.1) is 0 Å². The Morgan fingerprint density at radius 3 is 0.625 bits per heavy atom. The number of hydrogen-bond acceptors (Lipinski definition) is 8. The summed E-state index contributed by atoms with van der Waals surface area (Å²) in [6, 6.07) is 121. The minimum atomic E-state index is 0.715. The predicted molar refractivity (Wildman–Crippen MR) is 398 cm³/mol. The van der Waals surface area contributed by atoms with Gasteiger partial charge in [-0.3, -0.25) is 19.1 Å². The maximum absolute atomic E-state index is 5.82. The van der Waals surface area contributed by atoms with Crippen LogP contribution < -0.4 is 19.6 Å². The molecule has 0 N–H and O–H groups in total. The maximum atomic E-state index is 5.82. The van der Waals surface area contributed by atoms with E-state index in [2.05, 4.69) is 368 Å². The van der Waals surface area contributed by atoms with Crippen molar-refractivity contribution in [3.05, 3.63) is 352 Å².